The average Bonchev–Trinajstić information content (AvgIpc) is 3.30. The maximum atomic E-state index is 13.2. The first-order valence-corrected chi connectivity index (χ1v) is 15.7. The number of carbonyl (C=O) groups excluding carboxylic acids is 2. The van der Waals surface area contributed by atoms with Crippen molar-refractivity contribution >= 4 is 23.4 Å². The molecule has 2 aliphatic heterocycles. The molecule has 1 saturated carbocycles. The molecule has 0 amide bonds. The van der Waals surface area contributed by atoms with E-state index in [1.54, 1.807) is 6.07 Å². The van der Waals surface area contributed by atoms with Crippen LogP contribution in [0.2, 0.25) is 5.02 Å². The standard InChI is InChI=1S/C32H45ClO9/c1-36-29(35)15-5-3-2-4-12-24-26(34)20-28(42-31-17-9-11-19-38-31)32(24)40-22-23(41-30-16-8-10-18-37-30)21-39-27-14-7-6-13-25(27)33/h2,4,6-7,13-14,23-24,28,30-32H,3,5,8-12,15-22H2,1H3/t23?,24-,28+,30?,31?,32+/m0/s1. The molecule has 3 fully saturated rings. The molecule has 4 rings (SSSR count). The number of hydrogen-bond donors (Lipinski definition) is 0. The fourth-order valence-corrected chi connectivity index (χ4v) is 5.68. The van der Waals surface area contributed by atoms with E-state index in [1.165, 1.54) is 7.11 Å². The number of halogens is 1. The lowest BCUT2D eigenvalue weighted by Crippen LogP contribution is -2.40. The molecule has 0 spiro atoms. The number of methoxy groups -OCH3 is 1. The van der Waals surface area contributed by atoms with Crippen molar-refractivity contribution in [3.05, 3.63) is 41.4 Å². The predicted molar refractivity (Wildman–Crippen MR) is 156 cm³/mol. The first-order chi connectivity index (χ1) is 20.5. The van der Waals surface area contributed by atoms with Crippen molar-refractivity contribution < 1.29 is 42.7 Å². The highest BCUT2D eigenvalue weighted by atomic mass is 35.5. The summed E-state index contributed by atoms with van der Waals surface area (Å²) in [7, 11) is 1.39. The van der Waals surface area contributed by atoms with E-state index in [0.717, 1.165) is 44.9 Å². The van der Waals surface area contributed by atoms with Crippen LogP contribution in [-0.2, 0) is 38.0 Å². The Hall–Kier alpha value is -2.01. The molecule has 0 radical (unpaired) electrons. The number of rotatable bonds is 16. The summed E-state index contributed by atoms with van der Waals surface area (Å²) in [5.41, 5.74) is 0. The lowest BCUT2D eigenvalue weighted by molar-refractivity contribution is -0.226. The number of benzene rings is 1. The summed E-state index contributed by atoms with van der Waals surface area (Å²) in [5, 5.41) is 0.520. The highest BCUT2D eigenvalue weighted by Gasteiger charge is 2.45. The van der Waals surface area contributed by atoms with Crippen LogP contribution in [0, 0.1) is 5.92 Å². The van der Waals surface area contributed by atoms with Crippen LogP contribution in [0.5, 0.6) is 5.75 Å². The predicted octanol–water partition coefficient (Wildman–Crippen LogP) is 5.81. The third kappa shape index (κ3) is 10.6. The molecule has 3 unspecified atom stereocenters. The third-order valence-electron chi connectivity index (χ3n) is 7.80. The summed E-state index contributed by atoms with van der Waals surface area (Å²) in [6, 6.07) is 7.31. The highest BCUT2D eigenvalue weighted by molar-refractivity contribution is 6.32. The van der Waals surface area contributed by atoms with Gasteiger partial charge in [-0.3, -0.25) is 9.59 Å². The van der Waals surface area contributed by atoms with E-state index in [4.69, 9.17) is 44.8 Å². The lowest BCUT2D eigenvalue weighted by Gasteiger charge is -2.32. The van der Waals surface area contributed by atoms with Crippen LogP contribution in [0.4, 0.5) is 0 Å². The van der Waals surface area contributed by atoms with Crippen molar-refractivity contribution in [3.8, 4) is 5.75 Å². The van der Waals surface area contributed by atoms with E-state index in [0.29, 0.717) is 43.2 Å². The van der Waals surface area contributed by atoms with E-state index in [-0.39, 0.29) is 49.9 Å². The second kappa shape index (κ2) is 18.0. The van der Waals surface area contributed by atoms with Gasteiger partial charge in [-0.2, -0.15) is 0 Å². The van der Waals surface area contributed by atoms with Gasteiger partial charge >= 0.3 is 5.97 Å². The van der Waals surface area contributed by atoms with Crippen molar-refractivity contribution in [1.29, 1.82) is 0 Å². The largest absolute Gasteiger partial charge is 0.489 e. The minimum atomic E-state index is -0.457. The minimum Gasteiger partial charge on any atom is -0.489 e. The molecule has 2 heterocycles. The first kappa shape index (κ1) is 32.9. The van der Waals surface area contributed by atoms with E-state index in [1.807, 2.05) is 30.4 Å². The Labute approximate surface area is 254 Å². The molecule has 1 aromatic rings. The number of esters is 1. The number of hydrogen-bond acceptors (Lipinski definition) is 9. The lowest BCUT2D eigenvalue weighted by atomic mass is 9.99. The van der Waals surface area contributed by atoms with Gasteiger partial charge < -0.3 is 33.2 Å². The molecule has 9 nitrogen and oxygen atoms in total. The summed E-state index contributed by atoms with van der Waals surface area (Å²) in [6.07, 6.45) is 10.3. The Bertz CT molecular complexity index is 990. The van der Waals surface area contributed by atoms with E-state index in [9.17, 15) is 9.59 Å². The molecule has 3 aliphatic rings. The Morgan fingerprint density at radius 2 is 1.81 bits per heavy atom. The number of unbranched alkanes of at least 4 members (excludes halogenated alkanes) is 1. The molecule has 6 atom stereocenters. The Kier molecular flexibility index (Phi) is 14.1. The first-order valence-electron chi connectivity index (χ1n) is 15.3. The topological polar surface area (TPSA) is 98.8 Å². The van der Waals surface area contributed by atoms with Crippen LogP contribution in [0.25, 0.3) is 0 Å². The summed E-state index contributed by atoms with van der Waals surface area (Å²) < 4.78 is 41.5. The van der Waals surface area contributed by atoms with Crippen molar-refractivity contribution in [2.45, 2.75) is 102 Å². The van der Waals surface area contributed by atoms with Gasteiger partial charge in [0.2, 0.25) is 0 Å². The summed E-state index contributed by atoms with van der Waals surface area (Å²) in [6.45, 7) is 1.73. The third-order valence-corrected chi connectivity index (χ3v) is 8.11. The number of carbonyl (C=O) groups is 2. The van der Waals surface area contributed by atoms with Crippen molar-refractivity contribution in [2.75, 3.05) is 33.5 Å². The molecule has 0 bridgehead atoms. The van der Waals surface area contributed by atoms with Gasteiger partial charge in [0.25, 0.3) is 0 Å². The number of ketones is 1. The number of allylic oxidation sites excluding steroid dienone is 2. The van der Waals surface area contributed by atoms with Crippen LogP contribution in [0.1, 0.15) is 70.6 Å². The SMILES string of the molecule is COC(=O)CCCC=CC[C@H]1C(=O)C[C@@H](OC2CCCCO2)[C@@H]1OCC(COc1ccccc1Cl)OC1CCCCO1. The zero-order valence-corrected chi connectivity index (χ0v) is 25.3. The molecular weight excluding hydrogens is 564 g/mol. The van der Waals surface area contributed by atoms with Gasteiger partial charge in [-0.15, -0.1) is 0 Å². The van der Waals surface area contributed by atoms with Crippen molar-refractivity contribution in [2.24, 2.45) is 5.92 Å². The van der Waals surface area contributed by atoms with Gasteiger partial charge in [0.15, 0.2) is 12.6 Å². The fourth-order valence-electron chi connectivity index (χ4n) is 5.49. The van der Waals surface area contributed by atoms with Gasteiger partial charge in [-0.05, 0) is 69.9 Å². The molecule has 10 heteroatoms. The van der Waals surface area contributed by atoms with Gasteiger partial charge in [0, 0.05) is 26.1 Å². The molecule has 0 N–H and O–H groups in total. The van der Waals surface area contributed by atoms with Crippen LogP contribution in [0.3, 0.4) is 0 Å². The smallest absolute Gasteiger partial charge is 0.305 e. The molecule has 1 aliphatic carbocycles. The van der Waals surface area contributed by atoms with Crippen LogP contribution in [-0.4, -0.2) is 76.2 Å². The highest BCUT2D eigenvalue weighted by Crippen LogP contribution is 2.34. The van der Waals surface area contributed by atoms with Crippen LogP contribution in [0.15, 0.2) is 36.4 Å². The second-order valence-corrected chi connectivity index (χ2v) is 11.4. The molecule has 2 saturated heterocycles. The Morgan fingerprint density at radius 1 is 1.05 bits per heavy atom. The molecule has 234 valence electrons. The zero-order chi connectivity index (χ0) is 29.6. The van der Waals surface area contributed by atoms with Crippen LogP contribution < -0.4 is 4.74 Å². The van der Waals surface area contributed by atoms with E-state index < -0.39 is 18.3 Å². The maximum Gasteiger partial charge on any atom is 0.305 e. The second-order valence-electron chi connectivity index (χ2n) is 11.0. The molecule has 0 aromatic heterocycles. The number of ether oxygens (including phenoxy) is 7. The van der Waals surface area contributed by atoms with E-state index in [2.05, 4.69) is 0 Å². The summed E-state index contributed by atoms with van der Waals surface area (Å²) >= 11 is 6.31. The molecular formula is C32H45ClO9. The van der Waals surface area contributed by atoms with Gasteiger partial charge in [-0.1, -0.05) is 35.9 Å². The quantitative estimate of drug-likeness (QED) is 0.131. The number of Topliss-reactive ketones (excluding diaryl/α,β-unsaturated/α-hetero) is 1. The normalized spacial score (nSPS) is 27.3. The Balaban J connectivity index is 1.40. The van der Waals surface area contributed by atoms with Gasteiger partial charge in [0.05, 0.1) is 36.9 Å². The average molecular weight is 609 g/mol. The fraction of sp³-hybridized carbons (Fsp3) is 0.688. The van der Waals surface area contributed by atoms with Gasteiger partial charge in [0.1, 0.15) is 24.2 Å². The molecule has 1 aromatic carbocycles. The number of para-hydroxylation sites is 1. The minimum absolute atomic E-state index is 0.111. The van der Waals surface area contributed by atoms with Gasteiger partial charge in [-0.25, -0.2) is 0 Å². The maximum absolute atomic E-state index is 13.2. The summed E-state index contributed by atoms with van der Waals surface area (Å²) in [4.78, 5) is 24.6. The van der Waals surface area contributed by atoms with E-state index >= 15 is 0 Å². The monoisotopic (exact) mass is 608 g/mol. The molecule has 42 heavy (non-hydrogen) atoms. The van der Waals surface area contributed by atoms with Crippen molar-refractivity contribution in [3.63, 3.8) is 0 Å². The van der Waals surface area contributed by atoms with Crippen molar-refractivity contribution in [1.82, 2.24) is 0 Å². The Morgan fingerprint density at radius 3 is 2.52 bits per heavy atom. The zero-order valence-electron chi connectivity index (χ0n) is 24.6. The van der Waals surface area contributed by atoms with Crippen LogP contribution >= 0.6 is 11.6 Å². The summed E-state index contributed by atoms with van der Waals surface area (Å²) in [5.74, 6) is 0.104.